The lowest BCUT2D eigenvalue weighted by molar-refractivity contribution is -0.136. The number of carbonyl (C=O) groups is 3. The number of hydrogen-bond donors (Lipinski definition) is 3. The van der Waals surface area contributed by atoms with Gasteiger partial charge < -0.3 is 30.5 Å². The van der Waals surface area contributed by atoms with Gasteiger partial charge in [-0.25, -0.2) is 8.78 Å². The van der Waals surface area contributed by atoms with Crippen molar-refractivity contribution in [2.45, 2.75) is 18.8 Å². The van der Waals surface area contributed by atoms with Gasteiger partial charge in [0.2, 0.25) is 5.91 Å². The number of likely N-dealkylation sites (N-methyl/N-ethyl adjacent to an activating group) is 1. The Bertz CT molecular complexity index is 1650. The molecule has 2 heterocycles. The average Bonchev–Trinajstić information content (AvgIpc) is 3.07. The maximum Gasteiger partial charge on any atom is 0.270 e. The predicted molar refractivity (Wildman–Crippen MR) is 163 cm³/mol. The highest BCUT2D eigenvalue weighted by Gasteiger charge is 2.34. The van der Waals surface area contributed by atoms with E-state index in [1.807, 2.05) is 6.07 Å². The molecule has 1 fully saturated rings. The first-order valence-corrected chi connectivity index (χ1v) is 14.4. The molecule has 2 amide bonds. The quantitative estimate of drug-likeness (QED) is 0.298. The summed E-state index contributed by atoms with van der Waals surface area (Å²) in [6.45, 7) is 1.25. The van der Waals surface area contributed by atoms with Gasteiger partial charge in [-0.1, -0.05) is 12.1 Å². The van der Waals surface area contributed by atoms with Crippen molar-refractivity contribution in [3.63, 3.8) is 0 Å². The van der Waals surface area contributed by atoms with Crippen LogP contribution in [0.5, 0.6) is 0 Å². The minimum atomic E-state index is -1.20. The predicted octanol–water partition coefficient (Wildman–Crippen LogP) is 2.70. The van der Waals surface area contributed by atoms with Crippen molar-refractivity contribution in [2.24, 2.45) is 0 Å². The second kappa shape index (κ2) is 14.1. The number of nitrogens with one attached hydrogen (secondary N) is 3. The third-order valence-electron chi connectivity index (χ3n) is 7.65. The molecule has 10 nitrogen and oxygen atoms in total. The van der Waals surface area contributed by atoms with Gasteiger partial charge in [-0.2, -0.15) is 5.26 Å². The van der Waals surface area contributed by atoms with Gasteiger partial charge >= 0.3 is 0 Å². The van der Waals surface area contributed by atoms with Crippen LogP contribution in [0.3, 0.4) is 0 Å². The molecule has 2 unspecified atom stereocenters. The third-order valence-corrected chi connectivity index (χ3v) is 7.65. The van der Waals surface area contributed by atoms with E-state index in [2.05, 4.69) is 26.9 Å². The molecule has 0 spiro atoms. The number of halogens is 2. The summed E-state index contributed by atoms with van der Waals surface area (Å²) in [6, 6.07) is 18.3. The lowest BCUT2D eigenvalue weighted by atomic mass is 9.99. The number of ether oxygens (including phenoxy) is 1. The van der Waals surface area contributed by atoms with E-state index in [-0.39, 0.29) is 12.3 Å². The van der Waals surface area contributed by atoms with E-state index in [4.69, 9.17) is 4.74 Å². The number of ketones is 1. The number of morpholine rings is 1. The van der Waals surface area contributed by atoms with Gasteiger partial charge in [-0.3, -0.25) is 14.4 Å². The lowest BCUT2D eigenvalue weighted by Gasteiger charge is -2.35. The standard InChI is InChI=1S/C33H32F2N6O4/c1-37-28(17-34)32(43)39-31-33(44)41(29(19-38-31)24-4-2-3-21(13-24)18-36)20-22-14-25(30(42)23-5-7-26(35)8-6-23)16-27(15-22)40-9-11-45-12-10-40/h2-8,13-16,19,28,31,37-38H,9-12,17,20H2,1H3,(H,39,43). The summed E-state index contributed by atoms with van der Waals surface area (Å²) in [5.41, 5.74) is 3.42. The Morgan fingerprint density at radius 2 is 1.84 bits per heavy atom. The van der Waals surface area contributed by atoms with Crippen LogP contribution >= 0.6 is 0 Å². The van der Waals surface area contributed by atoms with Crippen LogP contribution in [-0.4, -0.2) is 74.7 Å². The first-order valence-electron chi connectivity index (χ1n) is 14.4. The van der Waals surface area contributed by atoms with Crippen molar-refractivity contribution in [2.75, 3.05) is 44.9 Å². The third kappa shape index (κ3) is 7.17. The summed E-state index contributed by atoms with van der Waals surface area (Å²) in [5, 5.41) is 17.5. The zero-order valence-corrected chi connectivity index (χ0v) is 24.6. The molecule has 0 saturated carbocycles. The first-order chi connectivity index (χ1) is 21.8. The highest BCUT2D eigenvalue weighted by atomic mass is 19.1. The van der Waals surface area contributed by atoms with Crippen LogP contribution in [0, 0.1) is 17.1 Å². The monoisotopic (exact) mass is 614 g/mol. The largest absolute Gasteiger partial charge is 0.378 e. The highest BCUT2D eigenvalue weighted by Crippen LogP contribution is 2.29. The molecule has 12 heteroatoms. The maximum absolute atomic E-state index is 14.0. The Balaban J connectivity index is 1.54. The molecular weight excluding hydrogens is 582 g/mol. The van der Waals surface area contributed by atoms with Crippen molar-refractivity contribution in [1.82, 2.24) is 20.9 Å². The van der Waals surface area contributed by atoms with Crippen LogP contribution in [0.4, 0.5) is 14.5 Å². The fraction of sp³-hybridized carbons (Fsp3) is 0.273. The molecule has 0 aromatic heterocycles. The van der Waals surface area contributed by atoms with Crippen LogP contribution in [-0.2, 0) is 20.9 Å². The summed E-state index contributed by atoms with van der Waals surface area (Å²) >= 11 is 0. The number of carbonyl (C=O) groups excluding carboxylic acids is 3. The SMILES string of the molecule is CNC(CF)C(=O)NC1NC=C(c2cccc(C#N)c2)N(Cc2cc(C(=O)c3ccc(F)cc3)cc(N3CCOCC3)c2)C1=O. The van der Waals surface area contributed by atoms with Gasteiger partial charge in [-0.05, 0) is 67.2 Å². The fourth-order valence-corrected chi connectivity index (χ4v) is 5.21. The molecule has 0 bridgehead atoms. The Morgan fingerprint density at radius 3 is 2.53 bits per heavy atom. The van der Waals surface area contributed by atoms with Crippen LogP contribution in [0.2, 0.25) is 0 Å². The second-order valence-electron chi connectivity index (χ2n) is 10.6. The zero-order chi connectivity index (χ0) is 31.9. The summed E-state index contributed by atoms with van der Waals surface area (Å²) in [7, 11) is 1.44. The van der Waals surface area contributed by atoms with Crippen LogP contribution < -0.4 is 20.9 Å². The van der Waals surface area contributed by atoms with Gasteiger partial charge in [0.15, 0.2) is 11.9 Å². The molecule has 2 aliphatic rings. The minimum absolute atomic E-state index is 0.00402. The molecule has 5 rings (SSSR count). The van der Waals surface area contributed by atoms with Crippen LogP contribution in [0.25, 0.3) is 5.70 Å². The van der Waals surface area contributed by atoms with Gasteiger partial charge in [-0.15, -0.1) is 0 Å². The number of nitriles is 1. The van der Waals surface area contributed by atoms with Gasteiger partial charge in [0.05, 0.1) is 37.1 Å². The number of nitrogens with zero attached hydrogens (tertiary/aromatic N) is 3. The average molecular weight is 615 g/mol. The second-order valence-corrected chi connectivity index (χ2v) is 10.6. The van der Waals surface area contributed by atoms with Crippen molar-refractivity contribution in [3.05, 3.63) is 107 Å². The summed E-state index contributed by atoms with van der Waals surface area (Å²) in [6.07, 6.45) is 0.355. The van der Waals surface area contributed by atoms with Crippen molar-refractivity contribution < 1.29 is 27.9 Å². The Labute approximate surface area is 259 Å². The number of amides is 2. The molecule has 3 aromatic carbocycles. The maximum atomic E-state index is 14.0. The van der Waals surface area contributed by atoms with E-state index in [9.17, 15) is 28.4 Å². The van der Waals surface area contributed by atoms with Crippen LogP contribution in [0.1, 0.15) is 32.6 Å². The smallest absolute Gasteiger partial charge is 0.270 e. The lowest BCUT2D eigenvalue weighted by Crippen LogP contribution is -2.59. The highest BCUT2D eigenvalue weighted by molar-refractivity contribution is 6.09. The molecule has 0 radical (unpaired) electrons. The van der Waals surface area contributed by atoms with E-state index < -0.39 is 36.5 Å². The van der Waals surface area contributed by atoms with Crippen molar-refractivity contribution in [1.29, 1.82) is 5.26 Å². The number of anilines is 1. The Morgan fingerprint density at radius 1 is 1.09 bits per heavy atom. The van der Waals surface area contributed by atoms with Gasteiger partial charge in [0.25, 0.3) is 5.91 Å². The summed E-state index contributed by atoms with van der Waals surface area (Å²) in [5.74, 6) is -2.00. The minimum Gasteiger partial charge on any atom is -0.378 e. The zero-order valence-electron chi connectivity index (χ0n) is 24.6. The van der Waals surface area contributed by atoms with Crippen LogP contribution in [0.15, 0.2) is 72.9 Å². The van der Waals surface area contributed by atoms with E-state index in [0.717, 1.165) is 5.69 Å². The van der Waals surface area contributed by atoms with E-state index in [1.165, 1.54) is 36.2 Å². The molecule has 3 aromatic rings. The van der Waals surface area contributed by atoms with Gasteiger partial charge in [0, 0.05) is 41.7 Å². The fourth-order valence-electron chi connectivity index (χ4n) is 5.21. The van der Waals surface area contributed by atoms with E-state index in [1.54, 1.807) is 42.6 Å². The van der Waals surface area contributed by atoms with Crippen molar-refractivity contribution >= 4 is 29.0 Å². The molecule has 2 atom stereocenters. The van der Waals surface area contributed by atoms with Crippen molar-refractivity contribution in [3.8, 4) is 6.07 Å². The topological polar surface area (TPSA) is 127 Å². The molecule has 2 aliphatic heterocycles. The Hall–Kier alpha value is -5.12. The normalized spacial score (nSPS) is 17.2. The number of hydrogen-bond acceptors (Lipinski definition) is 8. The molecule has 3 N–H and O–H groups in total. The molecular formula is C33H32F2N6O4. The molecule has 1 saturated heterocycles. The number of alkyl halides is 1. The number of rotatable bonds is 10. The van der Waals surface area contributed by atoms with E-state index in [0.29, 0.717) is 59.8 Å². The molecule has 0 aliphatic carbocycles. The summed E-state index contributed by atoms with van der Waals surface area (Å²) in [4.78, 5) is 43.7. The number of benzene rings is 3. The molecule has 232 valence electrons. The molecule has 45 heavy (non-hydrogen) atoms. The van der Waals surface area contributed by atoms with E-state index >= 15 is 0 Å². The van der Waals surface area contributed by atoms with Gasteiger partial charge in [0.1, 0.15) is 18.5 Å². The first kappa shape index (κ1) is 31.3. The summed E-state index contributed by atoms with van der Waals surface area (Å²) < 4.78 is 32.5. The Kier molecular flexibility index (Phi) is 9.82.